The minimum atomic E-state index is -0.907. The molecule has 4 rings (SSSR count). The molecule has 0 fully saturated rings. The van der Waals surface area contributed by atoms with E-state index in [9.17, 15) is 9.59 Å². The van der Waals surface area contributed by atoms with Gasteiger partial charge in [-0.25, -0.2) is 0 Å². The second-order valence-electron chi connectivity index (χ2n) is 5.36. The summed E-state index contributed by atoms with van der Waals surface area (Å²) in [6, 6.07) is 12.4. The Morgan fingerprint density at radius 1 is 1.04 bits per heavy atom. The van der Waals surface area contributed by atoms with Crippen LogP contribution in [0.5, 0.6) is 5.75 Å². The maximum Gasteiger partial charge on any atom is 0.198 e. The predicted molar refractivity (Wildman–Crippen MR) is 83.9 cm³/mol. The summed E-state index contributed by atoms with van der Waals surface area (Å²) in [6.07, 6.45) is 1.52. The third-order valence-corrected chi connectivity index (χ3v) is 4.05. The Bertz CT molecular complexity index is 930. The molecule has 1 atom stereocenters. The van der Waals surface area contributed by atoms with Gasteiger partial charge in [-0.15, -0.1) is 0 Å². The Labute approximate surface area is 131 Å². The van der Waals surface area contributed by atoms with Gasteiger partial charge in [0, 0.05) is 23.2 Å². The van der Waals surface area contributed by atoms with Gasteiger partial charge in [-0.3, -0.25) is 19.6 Å². The summed E-state index contributed by atoms with van der Waals surface area (Å²) in [5.74, 6) is -0.764. The Balaban J connectivity index is 1.84. The lowest BCUT2D eigenvalue weighted by molar-refractivity contribution is 0.0886. The van der Waals surface area contributed by atoms with Crippen LogP contribution in [0.25, 0.3) is 10.9 Å². The van der Waals surface area contributed by atoms with Gasteiger partial charge >= 0.3 is 0 Å². The molecule has 0 N–H and O–H groups in total. The van der Waals surface area contributed by atoms with Gasteiger partial charge in [-0.2, -0.15) is 0 Å². The summed E-state index contributed by atoms with van der Waals surface area (Å²) in [5, 5.41) is 0.920. The van der Waals surface area contributed by atoms with Crippen molar-refractivity contribution in [3.63, 3.8) is 0 Å². The number of Topliss-reactive ketones (excluding diaryl/α,β-unsaturated/α-hetero) is 2. The molecule has 2 heterocycles. The van der Waals surface area contributed by atoms with Crippen molar-refractivity contribution in [2.24, 2.45) is 0 Å². The SMILES string of the molecule is COc1ccc2ccc(C3C(=O)c4cccnc4C3=O)nc2c1. The van der Waals surface area contributed by atoms with Crippen molar-refractivity contribution in [3.05, 3.63) is 65.6 Å². The molecule has 1 unspecified atom stereocenters. The third kappa shape index (κ3) is 2.01. The molecule has 112 valence electrons. The van der Waals surface area contributed by atoms with E-state index in [0.717, 1.165) is 5.39 Å². The third-order valence-electron chi connectivity index (χ3n) is 4.05. The number of carbonyl (C=O) groups is 2. The molecule has 0 spiro atoms. The number of nitrogens with zero attached hydrogens (tertiary/aromatic N) is 2. The van der Waals surface area contributed by atoms with Crippen LogP contribution in [-0.2, 0) is 0 Å². The summed E-state index contributed by atoms with van der Waals surface area (Å²) in [5.41, 5.74) is 1.73. The van der Waals surface area contributed by atoms with Crippen LogP contribution in [0.4, 0.5) is 0 Å². The van der Waals surface area contributed by atoms with Crippen molar-refractivity contribution in [2.75, 3.05) is 7.11 Å². The van der Waals surface area contributed by atoms with Crippen LogP contribution in [0.15, 0.2) is 48.7 Å². The highest BCUT2D eigenvalue weighted by Crippen LogP contribution is 2.32. The highest BCUT2D eigenvalue weighted by molar-refractivity contribution is 6.28. The quantitative estimate of drug-likeness (QED) is 0.681. The molecule has 0 saturated carbocycles. The molecule has 5 heteroatoms. The Hall–Kier alpha value is -3.08. The summed E-state index contributed by atoms with van der Waals surface area (Å²) >= 11 is 0. The Morgan fingerprint density at radius 3 is 2.65 bits per heavy atom. The van der Waals surface area contributed by atoms with E-state index < -0.39 is 5.92 Å². The standard InChI is InChI=1S/C18H12N2O3/c1-23-11-6-4-10-5-7-13(20-14(10)9-11)15-17(21)12-3-2-8-19-16(12)18(15)22/h2-9,15H,1H3. The summed E-state index contributed by atoms with van der Waals surface area (Å²) in [4.78, 5) is 33.6. The van der Waals surface area contributed by atoms with Gasteiger partial charge in [0.1, 0.15) is 17.4 Å². The van der Waals surface area contributed by atoms with Crippen LogP contribution in [0.2, 0.25) is 0 Å². The van der Waals surface area contributed by atoms with Crippen molar-refractivity contribution >= 4 is 22.5 Å². The first-order chi connectivity index (χ1) is 11.2. The largest absolute Gasteiger partial charge is 0.497 e. The molecule has 1 aromatic carbocycles. The number of pyridine rings is 2. The van der Waals surface area contributed by atoms with Crippen molar-refractivity contribution in [1.82, 2.24) is 9.97 Å². The number of ketones is 2. The van der Waals surface area contributed by atoms with Gasteiger partial charge in [0.05, 0.1) is 18.3 Å². The van der Waals surface area contributed by atoms with Crippen LogP contribution in [0.1, 0.15) is 32.5 Å². The van der Waals surface area contributed by atoms with E-state index in [-0.39, 0.29) is 17.3 Å². The molecule has 0 aliphatic heterocycles. The number of hydrogen-bond donors (Lipinski definition) is 0. The van der Waals surface area contributed by atoms with E-state index in [1.165, 1.54) is 6.20 Å². The summed E-state index contributed by atoms with van der Waals surface area (Å²) in [7, 11) is 1.58. The van der Waals surface area contributed by atoms with Gasteiger partial charge in [0.2, 0.25) is 0 Å². The van der Waals surface area contributed by atoms with E-state index in [4.69, 9.17) is 4.74 Å². The maximum atomic E-state index is 12.5. The van der Waals surface area contributed by atoms with Gasteiger partial charge in [-0.05, 0) is 30.3 Å². The molecule has 2 aromatic heterocycles. The number of aromatic nitrogens is 2. The summed E-state index contributed by atoms with van der Waals surface area (Å²) < 4.78 is 5.20. The molecule has 1 aliphatic rings. The van der Waals surface area contributed by atoms with E-state index in [1.54, 1.807) is 31.4 Å². The van der Waals surface area contributed by atoms with E-state index in [0.29, 0.717) is 22.5 Å². The first-order valence-corrected chi connectivity index (χ1v) is 7.17. The van der Waals surface area contributed by atoms with Crippen LogP contribution in [-0.4, -0.2) is 28.6 Å². The van der Waals surface area contributed by atoms with Crippen LogP contribution < -0.4 is 4.74 Å². The van der Waals surface area contributed by atoms with Crippen LogP contribution in [0, 0.1) is 0 Å². The Kier molecular flexibility index (Phi) is 2.94. The molecule has 3 aromatic rings. The Morgan fingerprint density at radius 2 is 1.87 bits per heavy atom. The molecule has 0 saturated heterocycles. The van der Waals surface area contributed by atoms with E-state index in [1.807, 2.05) is 18.2 Å². The van der Waals surface area contributed by atoms with Crippen molar-refractivity contribution in [3.8, 4) is 5.75 Å². The normalized spacial score (nSPS) is 16.7. The van der Waals surface area contributed by atoms with E-state index >= 15 is 0 Å². The zero-order valence-electron chi connectivity index (χ0n) is 12.3. The zero-order chi connectivity index (χ0) is 16.0. The average molecular weight is 304 g/mol. The topological polar surface area (TPSA) is 69.2 Å². The maximum absolute atomic E-state index is 12.5. The minimum Gasteiger partial charge on any atom is -0.497 e. The molecule has 0 radical (unpaired) electrons. The lowest BCUT2D eigenvalue weighted by Crippen LogP contribution is -2.14. The highest BCUT2D eigenvalue weighted by atomic mass is 16.5. The van der Waals surface area contributed by atoms with Gasteiger partial charge in [-0.1, -0.05) is 6.07 Å². The number of hydrogen-bond acceptors (Lipinski definition) is 5. The first kappa shape index (κ1) is 13.6. The predicted octanol–water partition coefficient (Wildman–Crippen LogP) is 2.80. The number of benzene rings is 1. The van der Waals surface area contributed by atoms with Crippen molar-refractivity contribution < 1.29 is 14.3 Å². The second kappa shape index (κ2) is 4.98. The van der Waals surface area contributed by atoms with Crippen molar-refractivity contribution in [2.45, 2.75) is 5.92 Å². The van der Waals surface area contributed by atoms with Gasteiger partial charge in [0.25, 0.3) is 0 Å². The van der Waals surface area contributed by atoms with Gasteiger partial charge in [0.15, 0.2) is 11.6 Å². The monoisotopic (exact) mass is 304 g/mol. The lowest BCUT2D eigenvalue weighted by Gasteiger charge is -2.08. The number of ether oxygens (including phenoxy) is 1. The molecule has 5 nitrogen and oxygen atoms in total. The fourth-order valence-corrected chi connectivity index (χ4v) is 2.88. The number of rotatable bonds is 2. The smallest absolute Gasteiger partial charge is 0.198 e. The molecular weight excluding hydrogens is 292 g/mol. The highest BCUT2D eigenvalue weighted by Gasteiger charge is 2.41. The fraction of sp³-hybridized carbons (Fsp3) is 0.111. The summed E-state index contributed by atoms with van der Waals surface area (Å²) in [6.45, 7) is 0. The number of methoxy groups -OCH3 is 1. The fourth-order valence-electron chi connectivity index (χ4n) is 2.88. The molecule has 0 bridgehead atoms. The molecule has 1 aliphatic carbocycles. The second-order valence-corrected chi connectivity index (χ2v) is 5.36. The lowest BCUT2D eigenvalue weighted by atomic mass is 9.98. The molecule has 0 amide bonds. The average Bonchev–Trinajstić information content (AvgIpc) is 2.85. The van der Waals surface area contributed by atoms with Gasteiger partial charge < -0.3 is 4.74 Å². The number of carbonyl (C=O) groups excluding carboxylic acids is 2. The minimum absolute atomic E-state index is 0.232. The van der Waals surface area contributed by atoms with Crippen LogP contribution in [0.3, 0.4) is 0 Å². The zero-order valence-corrected chi connectivity index (χ0v) is 12.3. The van der Waals surface area contributed by atoms with E-state index in [2.05, 4.69) is 9.97 Å². The number of fused-ring (bicyclic) bond motifs is 2. The van der Waals surface area contributed by atoms with Crippen molar-refractivity contribution in [1.29, 1.82) is 0 Å². The molecular formula is C18H12N2O3. The first-order valence-electron chi connectivity index (χ1n) is 7.17. The van der Waals surface area contributed by atoms with Crippen LogP contribution >= 0.6 is 0 Å². The molecule has 23 heavy (non-hydrogen) atoms.